The van der Waals surface area contributed by atoms with Gasteiger partial charge < -0.3 is 10.2 Å². The largest absolute Gasteiger partial charge is 0.416 e. The van der Waals surface area contributed by atoms with Crippen molar-refractivity contribution >= 4 is 82.7 Å². The summed E-state index contributed by atoms with van der Waals surface area (Å²) in [5.74, 6) is -2.98. The van der Waals surface area contributed by atoms with Gasteiger partial charge in [0.25, 0.3) is 20.0 Å². The first kappa shape index (κ1) is 53.0. The number of hydrogen-bond donors (Lipinski definition) is 2. The highest BCUT2D eigenvalue weighted by Crippen LogP contribution is 2.35. The predicted octanol–water partition coefficient (Wildman–Crippen LogP) is 10.7. The van der Waals surface area contributed by atoms with Gasteiger partial charge in [-0.1, -0.05) is 78.3 Å². The Morgan fingerprint density at radius 2 is 1.04 bits per heavy atom. The van der Waals surface area contributed by atoms with Gasteiger partial charge in [0.2, 0.25) is 0 Å². The van der Waals surface area contributed by atoms with E-state index >= 15 is 0 Å². The van der Waals surface area contributed by atoms with Gasteiger partial charge in [0.05, 0.1) is 65.4 Å². The van der Waals surface area contributed by atoms with E-state index in [9.17, 15) is 71.8 Å². The maximum Gasteiger partial charge on any atom is 0.416 e. The molecular formula is C48H32Cl2F8N4O8S2. The van der Waals surface area contributed by atoms with Gasteiger partial charge in [-0.15, -0.1) is 0 Å². The van der Waals surface area contributed by atoms with Crippen molar-refractivity contribution in [1.29, 1.82) is 0 Å². The SMILES string of the molecule is C=Cc1nn(S(=O)(=O)c2cccc(C(F)(F)F)c2)c2cc(CC(=O)c3c(F)cccc3Cl)ccc12.O=C(Cc1ccc2c(C(O)CO)nn(S(=O)(=O)c3cccc(C(F)(F)F)c3)c2c1)c1c(F)cccc1Cl. The van der Waals surface area contributed by atoms with Gasteiger partial charge in [-0.2, -0.15) is 61.5 Å². The first-order valence-electron chi connectivity index (χ1n) is 20.5. The molecule has 6 aromatic carbocycles. The summed E-state index contributed by atoms with van der Waals surface area (Å²) < 4.78 is 162. The number of Topliss-reactive ketones (excluding diaryl/α,β-unsaturated/α-hetero) is 2. The number of carbonyl (C=O) groups is 2. The number of benzene rings is 6. The molecule has 8 aromatic rings. The highest BCUT2D eigenvalue weighted by molar-refractivity contribution is 7.90. The maximum atomic E-state index is 14.2. The van der Waals surface area contributed by atoms with Crippen LogP contribution in [0, 0.1) is 11.6 Å². The van der Waals surface area contributed by atoms with E-state index in [1.54, 1.807) is 0 Å². The zero-order valence-corrected chi connectivity index (χ0v) is 39.4. The van der Waals surface area contributed by atoms with E-state index in [0.717, 1.165) is 42.5 Å². The monoisotopic (exact) mass is 1080 g/mol. The summed E-state index contributed by atoms with van der Waals surface area (Å²) in [6.45, 7) is 2.78. The summed E-state index contributed by atoms with van der Waals surface area (Å²) >= 11 is 11.9. The van der Waals surface area contributed by atoms with Gasteiger partial charge in [0.15, 0.2) is 11.6 Å². The number of fused-ring (bicyclic) bond motifs is 2. The number of hydrogen-bond acceptors (Lipinski definition) is 10. The Morgan fingerprint density at radius 3 is 1.46 bits per heavy atom. The minimum Gasteiger partial charge on any atom is -0.393 e. The number of alkyl halides is 6. The summed E-state index contributed by atoms with van der Waals surface area (Å²) in [4.78, 5) is 24.1. The molecule has 0 bridgehead atoms. The van der Waals surface area contributed by atoms with Crippen molar-refractivity contribution in [3.63, 3.8) is 0 Å². The number of aliphatic hydroxyl groups is 2. The van der Waals surface area contributed by atoms with Crippen molar-refractivity contribution in [3.8, 4) is 0 Å². The second kappa shape index (κ2) is 20.4. The summed E-state index contributed by atoms with van der Waals surface area (Å²) in [6.07, 6.45) is -10.6. The quantitative estimate of drug-likeness (QED) is 0.0834. The molecule has 0 radical (unpaired) electrons. The van der Waals surface area contributed by atoms with Crippen LogP contribution in [0.4, 0.5) is 35.1 Å². The van der Waals surface area contributed by atoms with Crippen LogP contribution in [0.2, 0.25) is 10.0 Å². The number of nitrogens with zero attached hydrogens (tertiary/aromatic N) is 4. The molecule has 24 heteroatoms. The summed E-state index contributed by atoms with van der Waals surface area (Å²) in [7, 11) is -9.29. The Morgan fingerprint density at radius 1 is 0.625 bits per heavy atom. The van der Waals surface area contributed by atoms with E-state index in [1.165, 1.54) is 66.7 Å². The molecule has 1 atom stereocenters. The average Bonchev–Trinajstić information content (AvgIpc) is 3.90. The Hall–Kier alpha value is -6.82. The van der Waals surface area contributed by atoms with Gasteiger partial charge in [-0.25, -0.2) is 8.78 Å². The van der Waals surface area contributed by atoms with Gasteiger partial charge in [-0.05, 0) is 90.0 Å². The molecule has 2 heterocycles. The van der Waals surface area contributed by atoms with Crippen LogP contribution in [0.15, 0.2) is 138 Å². The standard InChI is InChI=1S/C24H17ClF4N2O5S.C24H15ClF4N2O3S/c25-17-5-2-6-18(26)22(17)20(33)10-13-7-8-16-19(9-13)31(30-23(16)21(34)12-32)37(35,36)15-4-1-3-14(11-15)24(27,28)29;1-2-20-17-10-9-14(12-22(32)23-18(25)7-4-8-19(23)26)11-21(17)31(30-20)35(33,34)16-6-3-5-15(13-16)24(27,28)29/h1-9,11,21,32,34H,10,12H2;2-11,13H,1,12H2. The number of aromatic nitrogens is 4. The lowest BCUT2D eigenvalue weighted by atomic mass is 10.0. The van der Waals surface area contributed by atoms with Crippen molar-refractivity contribution < 1.29 is 71.8 Å². The first-order chi connectivity index (χ1) is 33.8. The molecule has 0 saturated heterocycles. The highest BCUT2D eigenvalue weighted by atomic mass is 35.5. The predicted molar refractivity (Wildman–Crippen MR) is 249 cm³/mol. The van der Waals surface area contributed by atoms with Gasteiger partial charge in [0, 0.05) is 23.6 Å². The number of ketones is 2. The minimum atomic E-state index is -4.81. The molecule has 72 heavy (non-hydrogen) atoms. The zero-order valence-electron chi connectivity index (χ0n) is 36.3. The molecule has 12 nitrogen and oxygen atoms in total. The number of aliphatic hydroxyl groups excluding tert-OH is 2. The molecule has 8 rings (SSSR count). The molecule has 1 unspecified atom stereocenters. The fraction of sp³-hybridized carbons (Fsp3) is 0.125. The van der Waals surface area contributed by atoms with E-state index in [-0.39, 0.29) is 61.0 Å². The Labute approximate surface area is 413 Å². The molecule has 0 spiro atoms. The summed E-state index contributed by atoms with van der Waals surface area (Å²) in [5.41, 5.74) is -2.70. The fourth-order valence-corrected chi connectivity index (χ4v) is 10.5. The number of carbonyl (C=O) groups excluding carboxylic acids is 2. The molecule has 0 amide bonds. The third-order valence-electron chi connectivity index (χ3n) is 10.8. The molecule has 0 aliphatic heterocycles. The molecule has 2 N–H and O–H groups in total. The Kier molecular flexibility index (Phi) is 15.0. The Balaban J connectivity index is 0.000000212. The molecular weight excluding hydrogens is 1050 g/mol. The van der Waals surface area contributed by atoms with Crippen molar-refractivity contribution in [2.24, 2.45) is 0 Å². The minimum absolute atomic E-state index is 0.0160. The molecule has 0 aliphatic rings. The lowest BCUT2D eigenvalue weighted by molar-refractivity contribution is -0.138. The topological polar surface area (TPSA) is 179 Å². The van der Waals surface area contributed by atoms with Crippen molar-refractivity contribution in [2.75, 3.05) is 6.61 Å². The summed E-state index contributed by atoms with van der Waals surface area (Å²) in [6, 6.07) is 22.2. The average molecular weight is 1080 g/mol. The summed E-state index contributed by atoms with van der Waals surface area (Å²) in [5, 5.41) is 27.7. The second-order valence-corrected chi connectivity index (χ2v) is 19.9. The molecule has 0 aliphatic carbocycles. The zero-order chi connectivity index (χ0) is 52.7. The smallest absolute Gasteiger partial charge is 0.393 e. The van der Waals surface area contributed by atoms with Gasteiger partial charge >= 0.3 is 12.4 Å². The van der Waals surface area contributed by atoms with Crippen LogP contribution in [0.1, 0.15) is 60.5 Å². The van der Waals surface area contributed by atoms with E-state index in [0.29, 0.717) is 37.3 Å². The number of halogens is 10. The van der Waals surface area contributed by atoms with Crippen LogP contribution in [-0.4, -0.2) is 63.6 Å². The van der Waals surface area contributed by atoms with Gasteiger partial charge in [-0.3, -0.25) is 9.59 Å². The van der Waals surface area contributed by atoms with Crippen LogP contribution < -0.4 is 0 Å². The van der Waals surface area contributed by atoms with E-state index in [4.69, 9.17) is 23.2 Å². The highest BCUT2D eigenvalue weighted by Gasteiger charge is 2.35. The van der Waals surface area contributed by atoms with Crippen LogP contribution in [0.25, 0.3) is 27.9 Å². The molecule has 0 saturated carbocycles. The van der Waals surface area contributed by atoms with Gasteiger partial charge in [0.1, 0.15) is 23.4 Å². The lowest BCUT2D eigenvalue weighted by Crippen LogP contribution is -2.17. The second-order valence-electron chi connectivity index (χ2n) is 15.5. The van der Waals surface area contributed by atoms with Crippen LogP contribution in [-0.2, 0) is 45.2 Å². The van der Waals surface area contributed by atoms with Crippen LogP contribution in [0.3, 0.4) is 0 Å². The van der Waals surface area contributed by atoms with E-state index in [2.05, 4.69) is 16.8 Å². The van der Waals surface area contributed by atoms with E-state index in [1.807, 2.05) is 0 Å². The first-order valence-corrected chi connectivity index (χ1v) is 24.2. The Bertz CT molecular complexity index is 3650. The molecule has 374 valence electrons. The third kappa shape index (κ3) is 10.7. The maximum absolute atomic E-state index is 14.2. The fourth-order valence-electron chi connectivity index (χ4n) is 7.33. The molecule has 0 fully saturated rings. The van der Waals surface area contributed by atoms with Crippen molar-refractivity contribution in [3.05, 3.63) is 194 Å². The van der Waals surface area contributed by atoms with Crippen molar-refractivity contribution in [2.45, 2.75) is 41.1 Å². The third-order valence-corrected chi connectivity index (χ3v) is 14.6. The van der Waals surface area contributed by atoms with Crippen LogP contribution >= 0.6 is 23.2 Å². The number of rotatable bonds is 13. The molecule has 2 aromatic heterocycles. The van der Waals surface area contributed by atoms with Crippen LogP contribution in [0.5, 0.6) is 0 Å². The van der Waals surface area contributed by atoms with E-state index < -0.39 is 95.6 Å². The normalized spacial score (nSPS) is 12.7. The lowest BCUT2D eigenvalue weighted by Gasteiger charge is -2.10. The van der Waals surface area contributed by atoms with Crippen molar-refractivity contribution in [1.82, 2.24) is 18.4 Å².